The van der Waals surface area contributed by atoms with Crippen LogP contribution in [0.1, 0.15) is 34.1 Å². The minimum Gasteiger partial charge on any atom is -0.384 e. The van der Waals surface area contributed by atoms with Crippen molar-refractivity contribution in [3.63, 3.8) is 0 Å². The van der Waals surface area contributed by atoms with Gasteiger partial charge in [0.15, 0.2) is 0 Å². The van der Waals surface area contributed by atoms with Crippen LogP contribution in [0.15, 0.2) is 48.8 Å². The number of aryl methyl sites for hydroxylation is 2. The maximum atomic E-state index is 13.2. The molecule has 0 bridgehead atoms. The number of amides is 1. The average Bonchev–Trinajstić information content (AvgIpc) is 3.41. The molecule has 8 nitrogen and oxygen atoms in total. The molecule has 0 atom stereocenters. The summed E-state index contributed by atoms with van der Waals surface area (Å²) in [6.07, 6.45) is -1.08. The van der Waals surface area contributed by atoms with Gasteiger partial charge in [-0.15, -0.1) is 5.10 Å². The standard InChI is InChI=1S/C24H24F3N7O/c1-5-28-19-9-8-17(24(25,26)27)11-20(19)30-23(35)16-7-6-14(2)22(10-16)34-13-21(31-32-34)18-12-29-33(4)15(18)3/h6-13,28H,5H2,1-4H3,(H,30,35). The maximum absolute atomic E-state index is 13.2. The molecule has 11 heteroatoms. The molecule has 0 aliphatic rings. The summed E-state index contributed by atoms with van der Waals surface area (Å²) in [5.74, 6) is -0.548. The normalized spacial score (nSPS) is 11.5. The van der Waals surface area contributed by atoms with Crippen molar-refractivity contribution in [3.05, 3.63) is 71.2 Å². The summed E-state index contributed by atoms with van der Waals surface area (Å²) in [6.45, 7) is 6.08. The van der Waals surface area contributed by atoms with Gasteiger partial charge in [-0.1, -0.05) is 11.3 Å². The van der Waals surface area contributed by atoms with Gasteiger partial charge in [0.2, 0.25) is 0 Å². The number of hydrogen-bond donors (Lipinski definition) is 2. The first-order chi connectivity index (χ1) is 16.6. The molecule has 0 spiro atoms. The molecule has 0 radical (unpaired) electrons. The van der Waals surface area contributed by atoms with E-state index in [2.05, 4.69) is 26.0 Å². The highest BCUT2D eigenvalue weighted by Crippen LogP contribution is 2.34. The lowest BCUT2D eigenvalue weighted by Crippen LogP contribution is -2.16. The minimum absolute atomic E-state index is 0.0453. The summed E-state index contributed by atoms with van der Waals surface area (Å²) in [6, 6.07) is 8.19. The lowest BCUT2D eigenvalue weighted by atomic mass is 10.1. The topological polar surface area (TPSA) is 89.7 Å². The van der Waals surface area contributed by atoms with E-state index in [1.54, 1.807) is 40.0 Å². The lowest BCUT2D eigenvalue weighted by molar-refractivity contribution is -0.137. The number of rotatable bonds is 6. The quantitative estimate of drug-likeness (QED) is 0.403. The predicted octanol–water partition coefficient (Wildman–Crippen LogP) is 4.99. The number of hydrogen-bond acceptors (Lipinski definition) is 5. The third kappa shape index (κ3) is 4.88. The van der Waals surface area contributed by atoms with Crippen LogP contribution in [0.3, 0.4) is 0 Å². The Bertz CT molecular complexity index is 1390. The van der Waals surface area contributed by atoms with Crippen LogP contribution in [-0.4, -0.2) is 37.2 Å². The van der Waals surface area contributed by atoms with Gasteiger partial charge in [-0.3, -0.25) is 9.48 Å². The summed E-state index contributed by atoms with van der Waals surface area (Å²) < 4.78 is 43.0. The van der Waals surface area contributed by atoms with Crippen molar-refractivity contribution >= 4 is 17.3 Å². The Labute approximate surface area is 199 Å². The summed E-state index contributed by atoms with van der Waals surface area (Å²) in [5.41, 5.74) is 3.72. The number of nitrogens with zero attached hydrogens (tertiary/aromatic N) is 5. The molecule has 0 unspecified atom stereocenters. The predicted molar refractivity (Wildman–Crippen MR) is 127 cm³/mol. The van der Waals surface area contributed by atoms with Crippen molar-refractivity contribution in [2.75, 3.05) is 17.2 Å². The minimum atomic E-state index is -4.53. The third-order valence-electron chi connectivity index (χ3n) is 5.69. The van der Waals surface area contributed by atoms with Gasteiger partial charge >= 0.3 is 6.18 Å². The average molecular weight is 483 g/mol. The molecule has 0 saturated carbocycles. The summed E-state index contributed by atoms with van der Waals surface area (Å²) in [4.78, 5) is 13.0. The van der Waals surface area contributed by atoms with Crippen LogP contribution < -0.4 is 10.6 Å². The Morgan fingerprint density at radius 1 is 1.09 bits per heavy atom. The van der Waals surface area contributed by atoms with Crippen LogP contribution in [-0.2, 0) is 13.2 Å². The van der Waals surface area contributed by atoms with Crippen molar-refractivity contribution < 1.29 is 18.0 Å². The first kappa shape index (κ1) is 24.0. The van der Waals surface area contributed by atoms with Crippen LogP contribution in [0.2, 0.25) is 0 Å². The van der Waals surface area contributed by atoms with E-state index in [0.29, 0.717) is 23.6 Å². The number of anilines is 2. The van der Waals surface area contributed by atoms with Crippen LogP contribution in [0.25, 0.3) is 16.9 Å². The van der Waals surface area contributed by atoms with E-state index < -0.39 is 17.6 Å². The molecule has 2 aromatic heterocycles. The molecule has 1 amide bonds. The van der Waals surface area contributed by atoms with Crippen molar-refractivity contribution in [1.82, 2.24) is 24.8 Å². The fourth-order valence-electron chi connectivity index (χ4n) is 3.62. The second-order valence-electron chi connectivity index (χ2n) is 8.06. The molecular weight excluding hydrogens is 459 g/mol. The highest BCUT2D eigenvalue weighted by molar-refractivity contribution is 6.06. The van der Waals surface area contributed by atoms with Gasteiger partial charge < -0.3 is 10.6 Å². The van der Waals surface area contributed by atoms with Crippen LogP contribution in [0.5, 0.6) is 0 Å². The highest BCUT2D eigenvalue weighted by Gasteiger charge is 2.31. The zero-order valence-corrected chi connectivity index (χ0v) is 19.6. The lowest BCUT2D eigenvalue weighted by Gasteiger charge is -2.16. The van der Waals surface area contributed by atoms with Crippen LogP contribution in [0, 0.1) is 13.8 Å². The second kappa shape index (κ2) is 9.24. The molecule has 4 rings (SSSR count). The second-order valence-corrected chi connectivity index (χ2v) is 8.06. The fraction of sp³-hybridized carbons (Fsp3) is 0.250. The molecule has 0 fully saturated rings. The smallest absolute Gasteiger partial charge is 0.384 e. The van der Waals surface area contributed by atoms with Crippen LogP contribution in [0.4, 0.5) is 24.5 Å². The van der Waals surface area contributed by atoms with Gasteiger partial charge in [0.25, 0.3) is 5.91 Å². The van der Waals surface area contributed by atoms with Crippen LogP contribution >= 0.6 is 0 Å². The van der Waals surface area contributed by atoms with Crippen molar-refractivity contribution in [3.8, 4) is 16.9 Å². The van der Waals surface area contributed by atoms with Gasteiger partial charge in [-0.2, -0.15) is 18.3 Å². The van der Waals surface area contributed by atoms with Gasteiger partial charge in [0.1, 0.15) is 5.69 Å². The Balaban J connectivity index is 1.65. The molecule has 4 aromatic rings. The molecule has 35 heavy (non-hydrogen) atoms. The Morgan fingerprint density at radius 3 is 2.51 bits per heavy atom. The summed E-state index contributed by atoms with van der Waals surface area (Å²) in [5, 5.41) is 18.2. The van der Waals surface area contributed by atoms with E-state index in [-0.39, 0.29) is 11.3 Å². The number of alkyl halides is 3. The Kier molecular flexibility index (Phi) is 6.33. The number of aromatic nitrogens is 5. The fourth-order valence-corrected chi connectivity index (χ4v) is 3.62. The van der Waals surface area contributed by atoms with Gasteiger partial charge in [-0.05, 0) is 56.7 Å². The van der Waals surface area contributed by atoms with Gasteiger partial charge in [0.05, 0.1) is 35.0 Å². The monoisotopic (exact) mass is 483 g/mol. The van der Waals surface area contributed by atoms with E-state index in [4.69, 9.17) is 0 Å². The zero-order valence-electron chi connectivity index (χ0n) is 19.6. The number of carbonyl (C=O) groups excluding carboxylic acids is 1. The number of nitrogens with one attached hydrogen (secondary N) is 2. The zero-order chi connectivity index (χ0) is 25.3. The Morgan fingerprint density at radius 2 is 1.86 bits per heavy atom. The van der Waals surface area contributed by atoms with Gasteiger partial charge in [0, 0.05) is 30.4 Å². The number of carbonyl (C=O) groups is 1. The molecule has 0 aliphatic carbocycles. The number of benzene rings is 2. The first-order valence-electron chi connectivity index (χ1n) is 10.9. The third-order valence-corrected chi connectivity index (χ3v) is 5.69. The van der Waals surface area contributed by atoms with E-state index in [9.17, 15) is 18.0 Å². The largest absolute Gasteiger partial charge is 0.416 e. The van der Waals surface area contributed by atoms with Gasteiger partial charge in [-0.25, -0.2) is 4.68 Å². The first-order valence-corrected chi connectivity index (χ1v) is 10.9. The van der Waals surface area contributed by atoms with E-state index in [1.165, 1.54) is 6.07 Å². The molecule has 0 aliphatic heterocycles. The van der Waals surface area contributed by atoms with E-state index in [0.717, 1.165) is 29.0 Å². The van der Waals surface area contributed by atoms with Crippen molar-refractivity contribution in [2.24, 2.45) is 7.05 Å². The van der Waals surface area contributed by atoms with E-state index >= 15 is 0 Å². The SMILES string of the molecule is CCNc1ccc(C(F)(F)F)cc1NC(=O)c1ccc(C)c(-n2cc(-c3cnn(C)c3C)nn2)c1. The summed E-state index contributed by atoms with van der Waals surface area (Å²) in [7, 11) is 1.83. The molecule has 2 heterocycles. The molecule has 2 aromatic carbocycles. The molecule has 0 saturated heterocycles. The Hall–Kier alpha value is -4.15. The molecule has 182 valence electrons. The molecule has 2 N–H and O–H groups in total. The molecular formula is C24H24F3N7O. The number of halogens is 3. The summed E-state index contributed by atoms with van der Waals surface area (Å²) >= 11 is 0. The van der Waals surface area contributed by atoms with Crippen molar-refractivity contribution in [2.45, 2.75) is 26.9 Å². The maximum Gasteiger partial charge on any atom is 0.416 e. The highest BCUT2D eigenvalue weighted by atomic mass is 19.4. The van der Waals surface area contributed by atoms with Crippen molar-refractivity contribution in [1.29, 1.82) is 0 Å². The van der Waals surface area contributed by atoms with E-state index in [1.807, 2.05) is 27.8 Å².